The highest BCUT2D eigenvalue weighted by Crippen LogP contribution is 2.18. The van der Waals surface area contributed by atoms with Crippen molar-refractivity contribution >= 4 is 40.1 Å². The van der Waals surface area contributed by atoms with Crippen LogP contribution in [0.2, 0.25) is 5.02 Å². The number of carbonyl (C=O) groups excluding carboxylic acids is 1. The van der Waals surface area contributed by atoms with Crippen molar-refractivity contribution < 1.29 is 4.79 Å². The quantitative estimate of drug-likeness (QED) is 0.578. The maximum absolute atomic E-state index is 12.1. The lowest BCUT2D eigenvalue weighted by Crippen LogP contribution is -2.39. The van der Waals surface area contributed by atoms with Crippen molar-refractivity contribution in [1.29, 1.82) is 0 Å². The fourth-order valence-corrected chi connectivity index (χ4v) is 3.49. The lowest BCUT2D eigenvalue weighted by atomic mass is 10.0. The topological polar surface area (TPSA) is 32.3 Å². The van der Waals surface area contributed by atoms with Gasteiger partial charge in [0.1, 0.15) is 0 Å². The molecular formula is C16H22ClIN2O. The van der Waals surface area contributed by atoms with Crippen LogP contribution in [0.1, 0.15) is 43.0 Å². The molecule has 1 aromatic carbocycles. The molecule has 0 aliphatic carbocycles. The molecular weight excluding hydrogens is 399 g/mol. The minimum Gasteiger partial charge on any atom is -0.352 e. The summed E-state index contributed by atoms with van der Waals surface area (Å²) in [5.74, 6) is -0.0337. The first-order valence-corrected chi connectivity index (χ1v) is 9.01. The lowest BCUT2D eigenvalue weighted by Gasteiger charge is -2.33. The molecule has 1 saturated heterocycles. The summed E-state index contributed by atoms with van der Waals surface area (Å²) in [6, 6.07) is 6.08. The minimum absolute atomic E-state index is 0.0337. The summed E-state index contributed by atoms with van der Waals surface area (Å²) in [4.78, 5) is 14.7. The normalized spacial score (nSPS) is 19.5. The molecule has 0 bridgehead atoms. The van der Waals surface area contributed by atoms with Crippen LogP contribution in [0.25, 0.3) is 0 Å². The van der Waals surface area contributed by atoms with E-state index in [0.29, 0.717) is 23.2 Å². The fourth-order valence-electron chi connectivity index (χ4n) is 2.74. The maximum atomic E-state index is 12.1. The predicted octanol–water partition coefficient (Wildman–Crippen LogP) is 3.94. The van der Waals surface area contributed by atoms with Crippen molar-refractivity contribution in [2.45, 2.75) is 38.6 Å². The first-order valence-electron chi connectivity index (χ1n) is 7.55. The van der Waals surface area contributed by atoms with Gasteiger partial charge in [-0.25, -0.2) is 0 Å². The molecule has 0 spiro atoms. The molecule has 1 aliphatic heterocycles. The Bertz CT molecular complexity index is 495. The van der Waals surface area contributed by atoms with Gasteiger partial charge in [-0.05, 0) is 73.5 Å². The van der Waals surface area contributed by atoms with Gasteiger partial charge in [0.2, 0.25) is 0 Å². The summed E-state index contributed by atoms with van der Waals surface area (Å²) in [6.07, 6.45) is 4.94. The van der Waals surface area contributed by atoms with Gasteiger partial charge in [-0.15, -0.1) is 0 Å². The van der Waals surface area contributed by atoms with Crippen LogP contribution in [-0.2, 0) is 0 Å². The molecule has 1 aromatic rings. The van der Waals surface area contributed by atoms with Crippen LogP contribution in [0, 0.1) is 3.57 Å². The third-order valence-electron chi connectivity index (χ3n) is 4.02. The number of nitrogens with one attached hydrogen (secondary N) is 1. The molecule has 0 saturated carbocycles. The van der Waals surface area contributed by atoms with E-state index in [1.54, 1.807) is 12.1 Å². The van der Waals surface area contributed by atoms with Crippen molar-refractivity contribution in [1.82, 2.24) is 10.2 Å². The molecule has 5 heteroatoms. The lowest BCUT2D eigenvalue weighted by molar-refractivity contribution is 0.0948. The Labute approximate surface area is 145 Å². The number of amides is 1. The summed E-state index contributed by atoms with van der Waals surface area (Å²) in [6.45, 7) is 5.27. The number of carbonyl (C=O) groups is 1. The van der Waals surface area contributed by atoms with Gasteiger partial charge < -0.3 is 10.2 Å². The zero-order valence-corrected chi connectivity index (χ0v) is 15.3. The molecule has 1 heterocycles. The van der Waals surface area contributed by atoms with Gasteiger partial charge in [-0.1, -0.05) is 18.0 Å². The third kappa shape index (κ3) is 5.11. The number of halogens is 2. The number of likely N-dealkylation sites (tertiary alicyclic amines) is 1. The highest BCUT2D eigenvalue weighted by atomic mass is 127. The van der Waals surface area contributed by atoms with Crippen LogP contribution < -0.4 is 5.32 Å². The van der Waals surface area contributed by atoms with E-state index in [1.807, 2.05) is 6.07 Å². The van der Waals surface area contributed by atoms with Gasteiger partial charge >= 0.3 is 0 Å². The van der Waals surface area contributed by atoms with Crippen LogP contribution >= 0.6 is 34.2 Å². The molecule has 21 heavy (non-hydrogen) atoms. The minimum atomic E-state index is -0.0337. The first kappa shape index (κ1) is 17.0. The van der Waals surface area contributed by atoms with Gasteiger partial charge in [0, 0.05) is 27.7 Å². The summed E-state index contributed by atoms with van der Waals surface area (Å²) in [7, 11) is 0. The Morgan fingerprint density at radius 3 is 3.05 bits per heavy atom. The molecule has 0 radical (unpaired) electrons. The smallest absolute Gasteiger partial charge is 0.252 e. The number of benzene rings is 1. The van der Waals surface area contributed by atoms with Gasteiger partial charge in [0.15, 0.2) is 0 Å². The zero-order valence-electron chi connectivity index (χ0n) is 12.4. The Morgan fingerprint density at radius 2 is 2.29 bits per heavy atom. The van der Waals surface area contributed by atoms with E-state index in [2.05, 4.69) is 39.7 Å². The average molecular weight is 421 g/mol. The number of hydrogen-bond donors (Lipinski definition) is 1. The van der Waals surface area contributed by atoms with Crippen molar-refractivity contribution in [3.63, 3.8) is 0 Å². The van der Waals surface area contributed by atoms with E-state index in [9.17, 15) is 4.79 Å². The summed E-state index contributed by atoms with van der Waals surface area (Å²) < 4.78 is 0.930. The van der Waals surface area contributed by atoms with Crippen LogP contribution in [-0.4, -0.2) is 36.5 Å². The number of nitrogens with zero attached hydrogens (tertiary/aromatic N) is 1. The Hall–Kier alpha value is -0.330. The third-order valence-corrected chi connectivity index (χ3v) is 5.20. The van der Waals surface area contributed by atoms with E-state index >= 15 is 0 Å². The van der Waals surface area contributed by atoms with E-state index < -0.39 is 0 Å². The molecule has 1 aliphatic rings. The van der Waals surface area contributed by atoms with Gasteiger partial charge in [0.25, 0.3) is 5.91 Å². The summed E-state index contributed by atoms with van der Waals surface area (Å²) in [5, 5.41) is 3.59. The number of piperidine rings is 1. The van der Waals surface area contributed by atoms with E-state index in [1.165, 1.54) is 25.8 Å². The van der Waals surface area contributed by atoms with Crippen LogP contribution in [0.4, 0.5) is 0 Å². The van der Waals surface area contributed by atoms with Gasteiger partial charge in [-0.2, -0.15) is 0 Å². The second kappa shape index (κ2) is 8.34. The second-order valence-corrected chi connectivity index (χ2v) is 7.21. The van der Waals surface area contributed by atoms with Gasteiger partial charge in [0.05, 0.1) is 5.56 Å². The average Bonchev–Trinajstić information content (AvgIpc) is 2.47. The molecule has 1 atom stereocenters. The Kier molecular flexibility index (Phi) is 6.76. The molecule has 3 nitrogen and oxygen atoms in total. The monoisotopic (exact) mass is 420 g/mol. The maximum Gasteiger partial charge on any atom is 0.252 e. The number of hydrogen-bond acceptors (Lipinski definition) is 2. The highest BCUT2D eigenvalue weighted by Gasteiger charge is 2.17. The van der Waals surface area contributed by atoms with Crippen molar-refractivity contribution in [2.75, 3.05) is 19.6 Å². The van der Waals surface area contributed by atoms with Crippen LogP contribution in [0.5, 0.6) is 0 Å². The largest absolute Gasteiger partial charge is 0.352 e. The van der Waals surface area contributed by atoms with Gasteiger partial charge in [-0.3, -0.25) is 4.79 Å². The summed E-state index contributed by atoms with van der Waals surface area (Å²) >= 11 is 8.11. The fraction of sp³-hybridized carbons (Fsp3) is 0.562. The Morgan fingerprint density at radius 1 is 1.48 bits per heavy atom. The van der Waals surface area contributed by atoms with Crippen molar-refractivity contribution in [3.8, 4) is 0 Å². The second-order valence-electron chi connectivity index (χ2n) is 5.61. The number of rotatable bonds is 5. The molecule has 1 fully saturated rings. The van der Waals surface area contributed by atoms with E-state index in [-0.39, 0.29) is 5.91 Å². The molecule has 1 unspecified atom stereocenters. The predicted molar refractivity (Wildman–Crippen MR) is 96.0 cm³/mol. The standard InChI is InChI=1S/C16H22ClIN2O/c1-12-5-2-3-9-20(12)10-4-8-19-16(21)14-11-13(17)6-7-15(14)18/h6-7,11-12H,2-5,8-10H2,1H3,(H,19,21). The molecule has 1 amide bonds. The molecule has 0 aromatic heterocycles. The summed E-state index contributed by atoms with van der Waals surface area (Å²) in [5.41, 5.74) is 0.662. The SMILES string of the molecule is CC1CCCCN1CCCNC(=O)c1cc(Cl)ccc1I. The van der Waals surface area contributed by atoms with Crippen LogP contribution in [0.3, 0.4) is 0 Å². The molecule has 1 N–H and O–H groups in total. The van der Waals surface area contributed by atoms with Crippen LogP contribution in [0.15, 0.2) is 18.2 Å². The molecule has 2 rings (SSSR count). The van der Waals surface area contributed by atoms with Crippen molar-refractivity contribution in [3.05, 3.63) is 32.4 Å². The van der Waals surface area contributed by atoms with E-state index in [0.717, 1.165) is 16.5 Å². The van der Waals surface area contributed by atoms with Crippen molar-refractivity contribution in [2.24, 2.45) is 0 Å². The highest BCUT2D eigenvalue weighted by molar-refractivity contribution is 14.1. The van der Waals surface area contributed by atoms with E-state index in [4.69, 9.17) is 11.6 Å². The molecule has 116 valence electrons. The first-order chi connectivity index (χ1) is 10.1. The Balaban J connectivity index is 1.75. The zero-order chi connectivity index (χ0) is 15.2.